The highest BCUT2D eigenvalue weighted by Gasteiger charge is 2.25. The van der Waals surface area contributed by atoms with E-state index >= 15 is 0 Å². The van der Waals surface area contributed by atoms with Crippen molar-refractivity contribution >= 4 is 11.3 Å². The van der Waals surface area contributed by atoms with E-state index in [-0.39, 0.29) is 0 Å². The third-order valence-electron chi connectivity index (χ3n) is 3.55. The Morgan fingerprint density at radius 2 is 2.35 bits per heavy atom. The van der Waals surface area contributed by atoms with Crippen molar-refractivity contribution in [3.63, 3.8) is 0 Å². The SMILES string of the molecule is CC(C)N1CCCCC1Cc1ncc(CN)s1. The van der Waals surface area contributed by atoms with E-state index in [1.165, 1.54) is 35.7 Å². The lowest BCUT2D eigenvalue weighted by Crippen LogP contribution is -2.44. The first-order valence-electron chi connectivity index (χ1n) is 6.60. The van der Waals surface area contributed by atoms with Gasteiger partial charge in [0.2, 0.25) is 0 Å². The summed E-state index contributed by atoms with van der Waals surface area (Å²) in [7, 11) is 0. The van der Waals surface area contributed by atoms with Crippen LogP contribution in [0.1, 0.15) is 43.0 Å². The molecule has 2 rings (SSSR count). The van der Waals surface area contributed by atoms with E-state index in [0.717, 1.165) is 6.42 Å². The maximum atomic E-state index is 5.63. The molecular weight excluding hydrogens is 230 g/mol. The minimum Gasteiger partial charge on any atom is -0.326 e. The van der Waals surface area contributed by atoms with Crippen molar-refractivity contribution in [3.05, 3.63) is 16.1 Å². The van der Waals surface area contributed by atoms with E-state index in [1.807, 2.05) is 6.20 Å². The Labute approximate surface area is 108 Å². The van der Waals surface area contributed by atoms with Gasteiger partial charge in [0, 0.05) is 36.1 Å². The first-order chi connectivity index (χ1) is 8.20. The maximum absolute atomic E-state index is 5.63. The van der Waals surface area contributed by atoms with Crippen LogP contribution in [0.3, 0.4) is 0 Å². The molecule has 0 saturated carbocycles. The molecule has 96 valence electrons. The van der Waals surface area contributed by atoms with Crippen molar-refractivity contribution in [1.29, 1.82) is 0 Å². The number of nitrogens with two attached hydrogens (primary N) is 1. The van der Waals surface area contributed by atoms with Crippen LogP contribution in [0, 0.1) is 0 Å². The molecule has 0 radical (unpaired) electrons. The first-order valence-corrected chi connectivity index (χ1v) is 7.41. The largest absolute Gasteiger partial charge is 0.326 e. The molecule has 0 aliphatic carbocycles. The van der Waals surface area contributed by atoms with Crippen LogP contribution in [0.2, 0.25) is 0 Å². The van der Waals surface area contributed by atoms with Crippen LogP contribution in [0.25, 0.3) is 0 Å². The number of rotatable bonds is 4. The molecule has 1 saturated heterocycles. The van der Waals surface area contributed by atoms with Gasteiger partial charge in [-0.3, -0.25) is 4.90 Å². The average molecular weight is 253 g/mol. The lowest BCUT2D eigenvalue weighted by molar-refractivity contribution is 0.111. The number of aromatic nitrogens is 1. The van der Waals surface area contributed by atoms with E-state index in [0.29, 0.717) is 18.6 Å². The van der Waals surface area contributed by atoms with Crippen molar-refractivity contribution in [2.45, 2.75) is 58.2 Å². The Morgan fingerprint density at radius 3 is 3.00 bits per heavy atom. The minimum absolute atomic E-state index is 0.621. The van der Waals surface area contributed by atoms with Crippen LogP contribution in [-0.2, 0) is 13.0 Å². The van der Waals surface area contributed by atoms with Gasteiger partial charge in [0.1, 0.15) is 0 Å². The van der Waals surface area contributed by atoms with Crippen LogP contribution >= 0.6 is 11.3 Å². The number of likely N-dealkylation sites (tertiary alicyclic amines) is 1. The molecule has 1 aliphatic rings. The summed E-state index contributed by atoms with van der Waals surface area (Å²) in [6, 6.07) is 1.33. The van der Waals surface area contributed by atoms with Gasteiger partial charge in [-0.05, 0) is 33.2 Å². The van der Waals surface area contributed by atoms with Gasteiger partial charge in [-0.25, -0.2) is 4.98 Å². The third-order valence-corrected chi connectivity index (χ3v) is 4.59. The van der Waals surface area contributed by atoms with Crippen molar-refractivity contribution in [2.75, 3.05) is 6.54 Å². The second kappa shape index (κ2) is 5.94. The quantitative estimate of drug-likeness (QED) is 0.896. The second-order valence-electron chi connectivity index (χ2n) is 5.11. The summed E-state index contributed by atoms with van der Waals surface area (Å²) < 4.78 is 0. The number of nitrogens with zero attached hydrogens (tertiary/aromatic N) is 2. The number of piperidine rings is 1. The molecule has 1 fully saturated rings. The van der Waals surface area contributed by atoms with Gasteiger partial charge in [0.05, 0.1) is 5.01 Å². The number of hydrogen-bond donors (Lipinski definition) is 1. The molecule has 1 atom stereocenters. The lowest BCUT2D eigenvalue weighted by Gasteiger charge is -2.38. The Hall–Kier alpha value is -0.450. The zero-order valence-corrected chi connectivity index (χ0v) is 11.7. The third kappa shape index (κ3) is 3.27. The standard InChI is InChI=1S/C13H23N3S/c1-10(2)16-6-4-3-5-11(16)7-13-15-9-12(8-14)17-13/h9-11H,3-8,14H2,1-2H3. The van der Waals surface area contributed by atoms with E-state index < -0.39 is 0 Å². The van der Waals surface area contributed by atoms with Gasteiger partial charge in [0.15, 0.2) is 0 Å². The van der Waals surface area contributed by atoms with E-state index in [9.17, 15) is 0 Å². The molecule has 0 amide bonds. The van der Waals surface area contributed by atoms with E-state index in [1.54, 1.807) is 11.3 Å². The molecule has 0 aromatic carbocycles. The van der Waals surface area contributed by atoms with Crippen LogP contribution in [0.15, 0.2) is 6.20 Å². The molecule has 1 aromatic heterocycles. The zero-order chi connectivity index (χ0) is 12.3. The van der Waals surface area contributed by atoms with Crippen LogP contribution < -0.4 is 5.73 Å². The second-order valence-corrected chi connectivity index (χ2v) is 6.31. The topological polar surface area (TPSA) is 42.2 Å². The smallest absolute Gasteiger partial charge is 0.0943 e. The van der Waals surface area contributed by atoms with Crippen LogP contribution in [0.4, 0.5) is 0 Å². The summed E-state index contributed by atoms with van der Waals surface area (Å²) in [6.45, 7) is 6.46. The predicted molar refractivity (Wildman–Crippen MR) is 73.2 cm³/mol. The Balaban J connectivity index is 2.00. The van der Waals surface area contributed by atoms with Crippen molar-refractivity contribution < 1.29 is 0 Å². The normalized spacial score (nSPS) is 22.2. The summed E-state index contributed by atoms with van der Waals surface area (Å²) in [6.07, 6.45) is 7.06. The van der Waals surface area contributed by atoms with E-state index in [4.69, 9.17) is 5.73 Å². The number of hydrogen-bond acceptors (Lipinski definition) is 4. The fourth-order valence-electron chi connectivity index (χ4n) is 2.66. The van der Waals surface area contributed by atoms with Gasteiger partial charge >= 0.3 is 0 Å². The fraction of sp³-hybridized carbons (Fsp3) is 0.769. The van der Waals surface area contributed by atoms with E-state index in [2.05, 4.69) is 23.7 Å². The first kappa shape index (κ1) is 13.0. The Kier molecular flexibility index (Phi) is 4.54. The fourth-order valence-corrected chi connectivity index (χ4v) is 3.53. The van der Waals surface area contributed by atoms with Gasteiger partial charge in [-0.1, -0.05) is 6.42 Å². The van der Waals surface area contributed by atoms with Crippen LogP contribution in [-0.4, -0.2) is 28.5 Å². The Morgan fingerprint density at radius 1 is 1.53 bits per heavy atom. The monoisotopic (exact) mass is 253 g/mol. The number of thiazole rings is 1. The Bertz CT molecular complexity index is 348. The minimum atomic E-state index is 0.621. The predicted octanol–water partition coefficient (Wildman–Crippen LogP) is 2.41. The van der Waals surface area contributed by atoms with Gasteiger partial charge in [-0.15, -0.1) is 11.3 Å². The van der Waals surface area contributed by atoms with Crippen LogP contribution in [0.5, 0.6) is 0 Å². The summed E-state index contributed by atoms with van der Waals surface area (Å²) in [5.41, 5.74) is 5.63. The molecule has 2 N–H and O–H groups in total. The highest BCUT2D eigenvalue weighted by Crippen LogP contribution is 2.24. The maximum Gasteiger partial charge on any atom is 0.0943 e. The summed E-state index contributed by atoms with van der Waals surface area (Å²) >= 11 is 1.78. The molecule has 3 nitrogen and oxygen atoms in total. The van der Waals surface area contributed by atoms with Gasteiger partial charge in [0.25, 0.3) is 0 Å². The summed E-state index contributed by atoms with van der Waals surface area (Å²) in [5.74, 6) is 0. The summed E-state index contributed by atoms with van der Waals surface area (Å²) in [4.78, 5) is 8.32. The lowest BCUT2D eigenvalue weighted by atomic mass is 9.98. The molecule has 1 aromatic rings. The highest BCUT2D eigenvalue weighted by atomic mass is 32.1. The summed E-state index contributed by atoms with van der Waals surface area (Å²) in [5, 5.41) is 1.25. The molecule has 1 aliphatic heterocycles. The molecular formula is C13H23N3S. The molecule has 1 unspecified atom stereocenters. The highest BCUT2D eigenvalue weighted by molar-refractivity contribution is 7.11. The van der Waals surface area contributed by atoms with Crippen molar-refractivity contribution in [3.8, 4) is 0 Å². The van der Waals surface area contributed by atoms with Gasteiger partial charge in [-0.2, -0.15) is 0 Å². The van der Waals surface area contributed by atoms with Crippen molar-refractivity contribution in [1.82, 2.24) is 9.88 Å². The van der Waals surface area contributed by atoms with Crippen molar-refractivity contribution in [2.24, 2.45) is 5.73 Å². The molecule has 0 spiro atoms. The molecule has 2 heterocycles. The average Bonchev–Trinajstić information content (AvgIpc) is 2.77. The molecule has 0 bridgehead atoms. The van der Waals surface area contributed by atoms with Gasteiger partial charge < -0.3 is 5.73 Å². The molecule has 4 heteroatoms. The molecule has 17 heavy (non-hydrogen) atoms. The zero-order valence-electron chi connectivity index (χ0n) is 10.9.